The van der Waals surface area contributed by atoms with Crippen LogP contribution < -0.4 is 15.5 Å². The van der Waals surface area contributed by atoms with Crippen molar-refractivity contribution in [2.24, 2.45) is 0 Å². The van der Waals surface area contributed by atoms with Crippen molar-refractivity contribution in [1.82, 2.24) is 24.5 Å². The molecule has 2 aromatic heterocycles. The van der Waals surface area contributed by atoms with Crippen LogP contribution in [0.3, 0.4) is 0 Å². The lowest BCUT2D eigenvalue weighted by Gasteiger charge is -2.51. The number of anilines is 4. The van der Waals surface area contributed by atoms with Crippen LogP contribution in [0.25, 0.3) is 10.5 Å². The monoisotopic (exact) mass is 520 g/mol. The van der Waals surface area contributed by atoms with Gasteiger partial charge in [-0.2, -0.15) is 10.2 Å². The van der Waals surface area contributed by atoms with Crippen LogP contribution in [0.5, 0.6) is 0 Å². The molecule has 2 saturated heterocycles. The maximum absolute atomic E-state index is 9.88. The van der Waals surface area contributed by atoms with Gasteiger partial charge in [-0.1, -0.05) is 23.3 Å². The highest BCUT2D eigenvalue weighted by atomic mass is 35.5. The van der Waals surface area contributed by atoms with Crippen LogP contribution in [0.2, 0.25) is 5.02 Å². The lowest BCUT2D eigenvalue weighted by atomic mass is 9.95. The van der Waals surface area contributed by atoms with E-state index in [-0.39, 0.29) is 23.9 Å². The van der Waals surface area contributed by atoms with Crippen molar-refractivity contribution in [3.63, 3.8) is 0 Å². The van der Waals surface area contributed by atoms with E-state index in [9.17, 15) is 10.4 Å². The largest absolute Gasteiger partial charge is 0.394 e. The summed E-state index contributed by atoms with van der Waals surface area (Å²) in [7, 11) is 0. The number of halogens is 1. The minimum absolute atomic E-state index is 0.0693. The minimum Gasteiger partial charge on any atom is -0.394 e. The fourth-order valence-electron chi connectivity index (χ4n) is 4.77. The van der Waals surface area contributed by atoms with E-state index in [1.165, 1.54) is 10.7 Å². The SMILES string of the molecule is [C-]#[N+]c1cnc2c(NC3CC3)nc(Nc3cc(C#N)cc(N4CCN(C5(CO)COC5)CC4)c3Cl)nn12. The molecule has 4 heterocycles. The van der Waals surface area contributed by atoms with Gasteiger partial charge in [0.2, 0.25) is 0 Å². The third-order valence-electron chi connectivity index (χ3n) is 7.13. The highest BCUT2D eigenvalue weighted by molar-refractivity contribution is 6.36. The standard InChI is InChI=1S/C24H25ClN10O2/c1-27-19-11-28-22-21(29-16-2-3-16)31-23(32-35(19)22)30-17-8-15(10-26)9-18(20(17)25)33-4-6-34(7-5-33)24(12-36)13-37-14-24/h8-9,11,16,36H,2-7,12-14H2,(H2,29,30,31,32). The number of nitrogens with one attached hydrogen (secondary N) is 2. The molecule has 0 radical (unpaired) electrons. The van der Waals surface area contributed by atoms with Gasteiger partial charge in [0.1, 0.15) is 0 Å². The number of hydrogen-bond acceptors (Lipinski definition) is 10. The van der Waals surface area contributed by atoms with Crippen LogP contribution in [0, 0.1) is 17.9 Å². The summed E-state index contributed by atoms with van der Waals surface area (Å²) in [6, 6.07) is 5.99. The average molecular weight is 521 g/mol. The van der Waals surface area contributed by atoms with Gasteiger partial charge >= 0.3 is 0 Å². The number of nitriles is 1. The van der Waals surface area contributed by atoms with Crippen LogP contribution >= 0.6 is 11.6 Å². The van der Waals surface area contributed by atoms with E-state index >= 15 is 0 Å². The van der Waals surface area contributed by atoms with Gasteiger partial charge in [-0.3, -0.25) is 4.90 Å². The summed E-state index contributed by atoms with van der Waals surface area (Å²) in [6.07, 6.45) is 3.57. The van der Waals surface area contributed by atoms with Crippen molar-refractivity contribution < 1.29 is 9.84 Å². The fraction of sp³-hybridized carbons (Fsp3) is 0.458. The number of ether oxygens (including phenoxy) is 1. The number of imidazole rings is 1. The fourth-order valence-corrected chi connectivity index (χ4v) is 5.04. The summed E-state index contributed by atoms with van der Waals surface area (Å²) >= 11 is 6.88. The second-order valence-electron chi connectivity index (χ2n) is 9.61. The topological polar surface area (TPSA) is 131 Å². The molecule has 37 heavy (non-hydrogen) atoms. The Morgan fingerprint density at radius 2 is 2.05 bits per heavy atom. The smallest absolute Gasteiger partial charge is 0.275 e. The van der Waals surface area contributed by atoms with Crippen LogP contribution in [0.15, 0.2) is 18.3 Å². The molecule has 6 rings (SSSR count). The Morgan fingerprint density at radius 1 is 1.27 bits per heavy atom. The van der Waals surface area contributed by atoms with Crippen molar-refractivity contribution in [2.45, 2.75) is 24.4 Å². The summed E-state index contributed by atoms with van der Waals surface area (Å²) in [6.45, 7) is 11.5. The first-order valence-corrected chi connectivity index (χ1v) is 12.5. The number of hydrogen-bond donors (Lipinski definition) is 3. The lowest BCUT2D eigenvalue weighted by molar-refractivity contribution is -0.161. The first kappa shape index (κ1) is 23.7. The molecule has 1 aliphatic carbocycles. The molecule has 0 unspecified atom stereocenters. The molecule has 1 aromatic carbocycles. The van der Waals surface area contributed by atoms with E-state index in [4.69, 9.17) is 22.9 Å². The molecule has 2 aliphatic heterocycles. The van der Waals surface area contributed by atoms with Crippen LogP contribution in [-0.4, -0.2) is 87.2 Å². The van der Waals surface area contributed by atoms with Gasteiger partial charge in [0, 0.05) is 32.2 Å². The zero-order chi connectivity index (χ0) is 25.6. The van der Waals surface area contributed by atoms with Crippen molar-refractivity contribution >= 4 is 46.2 Å². The quantitative estimate of drug-likeness (QED) is 0.399. The highest BCUT2D eigenvalue weighted by Crippen LogP contribution is 2.37. The van der Waals surface area contributed by atoms with Crippen molar-refractivity contribution in [3.05, 3.63) is 40.3 Å². The van der Waals surface area contributed by atoms with Crippen LogP contribution in [0.4, 0.5) is 29.0 Å². The molecule has 13 heteroatoms. The van der Waals surface area contributed by atoms with Crippen LogP contribution in [-0.2, 0) is 4.74 Å². The van der Waals surface area contributed by atoms with E-state index in [0.717, 1.165) is 31.6 Å². The molecule has 12 nitrogen and oxygen atoms in total. The van der Waals surface area contributed by atoms with Gasteiger partial charge in [-0.15, -0.1) is 4.52 Å². The predicted octanol–water partition coefficient (Wildman–Crippen LogP) is 2.40. The van der Waals surface area contributed by atoms with Crippen molar-refractivity contribution in [1.29, 1.82) is 5.26 Å². The number of benzene rings is 1. The molecule has 0 amide bonds. The second kappa shape index (κ2) is 9.32. The zero-order valence-electron chi connectivity index (χ0n) is 20.0. The third-order valence-corrected chi connectivity index (χ3v) is 7.53. The number of nitrogens with zero attached hydrogens (tertiary/aromatic N) is 8. The van der Waals surface area contributed by atoms with E-state index in [0.29, 0.717) is 60.1 Å². The highest BCUT2D eigenvalue weighted by Gasteiger charge is 2.44. The predicted molar refractivity (Wildman–Crippen MR) is 138 cm³/mol. The zero-order valence-corrected chi connectivity index (χ0v) is 20.7. The van der Waals surface area contributed by atoms with Crippen molar-refractivity contribution in [2.75, 3.05) is 61.5 Å². The molecule has 190 valence electrons. The summed E-state index contributed by atoms with van der Waals surface area (Å²) in [4.78, 5) is 16.8. The maximum atomic E-state index is 9.88. The Labute approximate surface area is 218 Å². The minimum atomic E-state index is -0.295. The van der Waals surface area contributed by atoms with Gasteiger partial charge in [-0.05, 0) is 25.0 Å². The molecular formula is C24H25ClN10O2. The lowest BCUT2D eigenvalue weighted by Crippen LogP contribution is -2.68. The summed E-state index contributed by atoms with van der Waals surface area (Å²) in [5.41, 5.74) is 1.88. The van der Waals surface area contributed by atoms with Crippen molar-refractivity contribution in [3.8, 4) is 6.07 Å². The maximum Gasteiger partial charge on any atom is 0.275 e. The Kier molecular flexibility index (Phi) is 5.97. The van der Waals surface area contributed by atoms with Gasteiger partial charge in [0.25, 0.3) is 17.4 Å². The average Bonchev–Trinajstić information content (AvgIpc) is 3.61. The number of aromatic nitrogens is 4. The first-order valence-electron chi connectivity index (χ1n) is 12.1. The number of piperazine rings is 1. The molecule has 3 N–H and O–H groups in total. The van der Waals surface area contributed by atoms with E-state index in [2.05, 4.69) is 46.4 Å². The van der Waals surface area contributed by atoms with E-state index < -0.39 is 0 Å². The van der Waals surface area contributed by atoms with Gasteiger partial charge in [0.15, 0.2) is 5.82 Å². The summed E-state index contributed by atoms with van der Waals surface area (Å²) in [5.74, 6) is 1.05. The Balaban J connectivity index is 1.29. The Bertz CT molecular complexity index is 1420. The molecule has 0 spiro atoms. The summed E-state index contributed by atoms with van der Waals surface area (Å²) < 4.78 is 6.82. The molecule has 0 atom stereocenters. The van der Waals surface area contributed by atoms with E-state index in [1.807, 2.05) is 0 Å². The van der Waals surface area contributed by atoms with E-state index in [1.54, 1.807) is 12.1 Å². The second-order valence-corrected chi connectivity index (χ2v) is 9.99. The molecule has 0 bridgehead atoms. The molecule has 3 aromatic rings. The number of aliphatic hydroxyl groups is 1. The number of aliphatic hydroxyl groups excluding tert-OH is 1. The van der Waals surface area contributed by atoms with Gasteiger partial charge in [0.05, 0.1) is 59.6 Å². The third kappa shape index (κ3) is 4.28. The Morgan fingerprint density at radius 3 is 2.68 bits per heavy atom. The van der Waals surface area contributed by atoms with Crippen LogP contribution in [0.1, 0.15) is 18.4 Å². The molecule has 3 fully saturated rings. The molecular weight excluding hydrogens is 496 g/mol. The molecule has 1 saturated carbocycles. The van der Waals surface area contributed by atoms with Gasteiger partial charge in [-0.25, -0.2) is 4.98 Å². The molecule has 3 aliphatic rings. The first-order chi connectivity index (χ1) is 18.0. The number of rotatable bonds is 7. The summed E-state index contributed by atoms with van der Waals surface area (Å²) in [5, 5.41) is 31.0. The van der Waals surface area contributed by atoms with Gasteiger partial charge < -0.3 is 30.2 Å². The normalized spacial score (nSPS) is 19.2. The number of fused-ring (bicyclic) bond motifs is 1. The Hall–Kier alpha value is -3.68.